The molecule has 3 rings (SSSR count). The molecule has 5 heteroatoms. The summed E-state index contributed by atoms with van der Waals surface area (Å²) in [5, 5.41) is 3.28. The highest BCUT2D eigenvalue weighted by atomic mass is 16.2. The summed E-state index contributed by atoms with van der Waals surface area (Å²) in [6.45, 7) is 4.76. The van der Waals surface area contributed by atoms with Crippen molar-refractivity contribution in [2.45, 2.75) is 31.8 Å². The fourth-order valence-electron chi connectivity index (χ4n) is 3.22. The van der Waals surface area contributed by atoms with Crippen LogP contribution in [0.5, 0.6) is 0 Å². The molecule has 108 valence electrons. The number of nitrogens with zero attached hydrogens (tertiary/aromatic N) is 3. The summed E-state index contributed by atoms with van der Waals surface area (Å²) in [5.74, 6) is 1.38. The van der Waals surface area contributed by atoms with Gasteiger partial charge in [-0.05, 0) is 26.5 Å². The van der Waals surface area contributed by atoms with Crippen LogP contribution in [0.15, 0.2) is 18.3 Å². The maximum absolute atomic E-state index is 11.8. The number of hydrogen-bond acceptors (Lipinski definition) is 4. The van der Waals surface area contributed by atoms with Gasteiger partial charge in [0.05, 0.1) is 0 Å². The largest absolute Gasteiger partial charge is 0.353 e. The lowest BCUT2D eigenvalue weighted by Gasteiger charge is -2.39. The summed E-state index contributed by atoms with van der Waals surface area (Å²) in [6.07, 6.45) is 3.55. The van der Waals surface area contributed by atoms with Crippen LogP contribution >= 0.6 is 0 Å². The van der Waals surface area contributed by atoms with E-state index in [4.69, 9.17) is 0 Å². The maximum atomic E-state index is 11.8. The Morgan fingerprint density at radius 1 is 1.45 bits per heavy atom. The van der Waals surface area contributed by atoms with Crippen molar-refractivity contribution in [1.29, 1.82) is 0 Å². The van der Waals surface area contributed by atoms with Crippen LogP contribution in [-0.4, -0.2) is 48.5 Å². The highest BCUT2D eigenvalue weighted by Crippen LogP contribution is 2.29. The quantitative estimate of drug-likeness (QED) is 0.899. The third-order valence-corrected chi connectivity index (χ3v) is 4.51. The van der Waals surface area contributed by atoms with Gasteiger partial charge in [-0.1, -0.05) is 6.07 Å². The van der Waals surface area contributed by atoms with Crippen LogP contribution in [0.3, 0.4) is 0 Å². The average Bonchev–Trinajstić information content (AvgIpc) is 2.87. The smallest absolute Gasteiger partial charge is 0.223 e. The van der Waals surface area contributed by atoms with Gasteiger partial charge in [0.2, 0.25) is 5.91 Å². The molecule has 1 aromatic heterocycles. The number of nitrogens with one attached hydrogen (secondary N) is 1. The van der Waals surface area contributed by atoms with Crippen molar-refractivity contribution in [3.8, 4) is 0 Å². The van der Waals surface area contributed by atoms with Crippen LogP contribution in [0, 0.1) is 0 Å². The SMILES string of the molecule is CNC(C)c1cccnc1N1CCN2C(=O)CCC2C1. The molecular formula is C15H22N4O. The molecule has 0 aromatic carbocycles. The van der Waals surface area contributed by atoms with E-state index in [0.717, 1.165) is 31.9 Å². The van der Waals surface area contributed by atoms with Crippen LogP contribution in [0.4, 0.5) is 5.82 Å². The summed E-state index contributed by atoms with van der Waals surface area (Å²) in [4.78, 5) is 20.7. The Bertz CT molecular complexity index is 504. The lowest BCUT2D eigenvalue weighted by molar-refractivity contribution is -0.129. The summed E-state index contributed by atoms with van der Waals surface area (Å²) in [7, 11) is 1.97. The van der Waals surface area contributed by atoms with Crippen LogP contribution in [0.25, 0.3) is 0 Å². The molecular weight excluding hydrogens is 252 g/mol. The molecule has 2 unspecified atom stereocenters. The molecule has 2 saturated heterocycles. The Morgan fingerprint density at radius 3 is 3.10 bits per heavy atom. The lowest BCUT2D eigenvalue weighted by Crippen LogP contribution is -2.52. The van der Waals surface area contributed by atoms with E-state index >= 15 is 0 Å². The summed E-state index contributed by atoms with van der Waals surface area (Å²) in [6, 6.07) is 4.77. The van der Waals surface area contributed by atoms with Crippen molar-refractivity contribution in [3.05, 3.63) is 23.9 Å². The third-order valence-electron chi connectivity index (χ3n) is 4.51. The van der Waals surface area contributed by atoms with Gasteiger partial charge in [0, 0.05) is 49.9 Å². The van der Waals surface area contributed by atoms with Gasteiger partial charge in [0.25, 0.3) is 0 Å². The molecule has 1 aromatic rings. The first-order valence-electron chi connectivity index (χ1n) is 7.37. The maximum Gasteiger partial charge on any atom is 0.223 e. The predicted molar refractivity (Wildman–Crippen MR) is 78.7 cm³/mol. The minimum atomic E-state index is 0.280. The van der Waals surface area contributed by atoms with E-state index in [1.54, 1.807) is 0 Å². The summed E-state index contributed by atoms with van der Waals surface area (Å²) in [5.41, 5.74) is 1.23. The molecule has 2 atom stereocenters. The van der Waals surface area contributed by atoms with E-state index in [1.807, 2.05) is 24.2 Å². The standard InChI is InChI=1S/C15H22N4O/c1-11(16-2)13-4-3-7-17-15(13)18-8-9-19-12(10-18)5-6-14(19)20/h3-4,7,11-12,16H,5-6,8-10H2,1-2H3. The molecule has 3 heterocycles. The predicted octanol–water partition coefficient (Wildman–Crippen LogP) is 1.17. The highest BCUT2D eigenvalue weighted by Gasteiger charge is 2.36. The van der Waals surface area contributed by atoms with Gasteiger partial charge in [0.1, 0.15) is 5.82 Å². The van der Waals surface area contributed by atoms with E-state index in [1.165, 1.54) is 5.56 Å². The molecule has 0 bridgehead atoms. The fourth-order valence-corrected chi connectivity index (χ4v) is 3.22. The second-order valence-corrected chi connectivity index (χ2v) is 5.65. The molecule has 0 saturated carbocycles. The molecule has 2 fully saturated rings. The molecule has 0 aliphatic carbocycles. The van der Waals surface area contributed by atoms with E-state index in [0.29, 0.717) is 18.4 Å². The van der Waals surface area contributed by atoms with Gasteiger partial charge in [-0.3, -0.25) is 4.79 Å². The number of aromatic nitrogens is 1. The third kappa shape index (κ3) is 2.26. The summed E-state index contributed by atoms with van der Waals surface area (Å²) < 4.78 is 0. The Morgan fingerprint density at radius 2 is 2.30 bits per heavy atom. The number of pyridine rings is 1. The van der Waals surface area contributed by atoms with Gasteiger partial charge >= 0.3 is 0 Å². The number of fused-ring (bicyclic) bond motifs is 1. The molecule has 1 amide bonds. The lowest BCUT2D eigenvalue weighted by atomic mass is 10.1. The first-order valence-corrected chi connectivity index (χ1v) is 7.37. The molecule has 20 heavy (non-hydrogen) atoms. The van der Waals surface area contributed by atoms with Gasteiger partial charge in [0.15, 0.2) is 0 Å². The van der Waals surface area contributed by atoms with Crippen molar-refractivity contribution < 1.29 is 4.79 Å². The van der Waals surface area contributed by atoms with Crippen molar-refractivity contribution in [3.63, 3.8) is 0 Å². The monoisotopic (exact) mass is 274 g/mol. The fraction of sp³-hybridized carbons (Fsp3) is 0.600. The first kappa shape index (κ1) is 13.4. The normalized spacial score (nSPS) is 23.9. The number of carbonyl (C=O) groups excluding carboxylic acids is 1. The van der Waals surface area contributed by atoms with E-state index in [2.05, 4.69) is 28.2 Å². The molecule has 1 N–H and O–H groups in total. The van der Waals surface area contributed by atoms with E-state index in [-0.39, 0.29) is 6.04 Å². The number of amides is 1. The number of piperazine rings is 1. The number of anilines is 1. The molecule has 2 aliphatic heterocycles. The van der Waals surface area contributed by atoms with Crippen molar-refractivity contribution >= 4 is 11.7 Å². The second-order valence-electron chi connectivity index (χ2n) is 5.65. The summed E-state index contributed by atoms with van der Waals surface area (Å²) >= 11 is 0. The van der Waals surface area contributed by atoms with Crippen LogP contribution in [0.1, 0.15) is 31.4 Å². The number of hydrogen-bond donors (Lipinski definition) is 1. The topological polar surface area (TPSA) is 48.5 Å². The minimum Gasteiger partial charge on any atom is -0.353 e. The van der Waals surface area contributed by atoms with Crippen LogP contribution in [0.2, 0.25) is 0 Å². The van der Waals surface area contributed by atoms with Gasteiger partial charge in [-0.15, -0.1) is 0 Å². The van der Waals surface area contributed by atoms with Crippen LogP contribution in [-0.2, 0) is 4.79 Å². The molecule has 0 spiro atoms. The Balaban J connectivity index is 1.82. The Hall–Kier alpha value is -1.62. The Labute approximate surface area is 120 Å². The van der Waals surface area contributed by atoms with Crippen LogP contribution < -0.4 is 10.2 Å². The van der Waals surface area contributed by atoms with E-state index in [9.17, 15) is 4.79 Å². The highest BCUT2D eigenvalue weighted by molar-refractivity contribution is 5.79. The van der Waals surface area contributed by atoms with Gasteiger partial charge in [-0.2, -0.15) is 0 Å². The van der Waals surface area contributed by atoms with Crippen molar-refractivity contribution in [1.82, 2.24) is 15.2 Å². The zero-order valence-electron chi connectivity index (χ0n) is 12.2. The minimum absolute atomic E-state index is 0.280. The first-order chi connectivity index (χ1) is 9.70. The van der Waals surface area contributed by atoms with Crippen molar-refractivity contribution in [2.24, 2.45) is 0 Å². The van der Waals surface area contributed by atoms with Gasteiger partial charge < -0.3 is 15.1 Å². The zero-order chi connectivity index (χ0) is 14.1. The zero-order valence-corrected chi connectivity index (χ0v) is 12.2. The Kier molecular flexibility index (Phi) is 3.61. The van der Waals surface area contributed by atoms with Crippen molar-refractivity contribution in [2.75, 3.05) is 31.6 Å². The number of rotatable bonds is 3. The molecule has 0 radical (unpaired) electrons. The molecule has 5 nitrogen and oxygen atoms in total. The van der Waals surface area contributed by atoms with Gasteiger partial charge in [-0.25, -0.2) is 4.98 Å². The second kappa shape index (κ2) is 5.40. The molecule has 2 aliphatic rings. The average molecular weight is 274 g/mol. The van der Waals surface area contributed by atoms with E-state index < -0.39 is 0 Å². The number of carbonyl (C=O) groups is 1.